The molecule has 0 bridgehead atoms. The van der Waals surface area contributed by atoms with E-state index in [0.717, 1.165) is 11.1 Å². The molecule has 0 atom stereocenters. The molecule has 1 aromatic carbocycles. The second-order valence-corrected chi connectivity index (χ2v) is 3.25. The van der Waals surface area contributed by atoms with Crippen LogP contribution in [0.5, 0.6) is 0 Å². The van der Waals surface area contributed by atoms with E-state index in [1.165, 1.54) is 0 Å². The molecule has 0 radical (unpaired) electrons. The first-order valence-corrected chi connectivity index (χ1v) is 4.67. The summed E-state index contributed by atoms with van der Waals surface area (Å²) >= 11 is 0. The van der Waals surface area contributed by atoms with Crippen molar-refractivity contribution in [2.24, 2.45) is 0 Å². The van der Waals surface area contributed by atoms with Crippen LogP contribution in [0.15, 0.2) is 30.0 Å². The Hall–Kier alpha value is -2.57. The number of nitriles is 2. The highest BCUT2D eigenvalue weighted by atomic mass is 14.7. The Morgan fingerprint density at radius 2 is 1.94 bits per heavy atom. The first-order chi connectivity index (χ1) is 7.72. The first-order valence-electron chi connectivity index (χ1n) is 4.67. The molecule has 0 unspecified atom stereocenters. The van der Waals surface area contributed by atoms with E-state index in [1.54, 1.807) is 0 Å². The van der Waals surface area contributed by atoms with Gasteiger partial charge in [0, 0.05) is 0 Å². The third kappa shape index (κ3) is 2.47. The van der Waals surface area contributed by atoms with Crippen LogP contribution >= 0.6 is 0 Å². The maximum atomic E-state index is 8.81. The van der Waals surface area contributed by atoms with Gasteiger partial charge in [0.2, 0.25) is 0 Å². The zero-order valence-electron chi connectivity index (χ0n) is 8.86. The van der Waals surface area contributed by atoms with Gasteiger partial charge in [0.05, 0.1) is 25.1 Å². The Morgan fingerprint density at radius 3 is 2.38 bits per heavy atom. The van der Waals surface area contributed by atoms with Gasteiger partial charge in [-0.3, -0.25) is 0 Å². The van der Waals surface area contributed by atoms with Crippen LogP contribution < -0.4 is 0 Å². The Kier molecular flexibility index (Phi) is 3.84. The first kappa shape index (κ1) is 11.5. The molecule has 3 heteroatoms. The highest BCUT2D eigenvalue weighted by Gasteiger charge is 2.08. The fourth-order valence-electron chi connectivity index (χ4n) is 1.32. The van der Waals surface area contributed by atoms with Crippen LogP contribution in [-0.2, 0) is 0 Å². The molecule has 1 aromatic rings. The molecule has 0 saturated heterocycles. The monoisotopic (exact) mass is 207 g/mol. The molecule has 0 heterocycles. The third-order valence-electron chi connectivity index (χ3n) is 2.16. The SMILES string of the molecule is [C-]#[N+]/C(C#N)=C(\CC#N)c1ccc(C)cc1. The number of benzene rings is 1. The minimum Gasteiger partial charge on any atom is -0.226 e. The fraction of sp³-hybridized carbons (Fsp3) is 0.154. The fourth-order valence-corrected chi connectivity index (χ4v) is 1.32. The van der Waals surface area contributed by atoms with Gasteiger partial charge >= 0.3 is 0 Å². The van der Waals surface area contributed by atoms with E-state index in [2.05, 4.69) is 4.85 Å². The van der Waals surface area contributed by atoms with E-state index in [0.29, 0.717) is 5.57 Å². The molecule has 1 rings (SSSR count). The molecule has 0 aliphatic rings. The van der Waals surface area contributed by atoms with Crippen molar-refractivity contribution in [2.45, 2.75) is 13.3 Å². The van der Waals surface area contributed by atoms with Gasteiger partial charge in [-0.05, 0) is 18.1 Å². The van der Waals surface area contributed by atoms with Crippen molar-refractivity contribution >= 4 is 5.57 Å². The van der Waals surface area contributed by atoms with Crippen molar-refractivity contribution in [1.82, 2.24) is 0 Å². The van der Waals surface area contributed by atoms with Crippen molar-refractivity contribution in [3.8, 4) is 12.1 Å². The van der Waals surface area contributed by atoms with Crippen molar-refractivity contribution in [1.29, 1.82) is 10.5 Å². The van der Waals surface area contributed by atoms with Crippen LogP contribution in [0.4, 0.5) is 0 Å². The minimum atomic E-state index is -0.00889. The van der Waals surface area contributed by atoms with Crippen LogP contribution in [0.3, 0.4) is 0 Å². The number of rotatable bonds is 2. The molecular formula is C13H9N3. The Morgan fingerprint density at radius 1 is 1.31 bits per heavy atom. The van der Waals surface area contributed by atoms with Gasteiger partial charge in [-0.1, -0.05) is 29.8 Å². The van der Waals surface area contributed by atoms with Crippen LogP contribution in [0.25, 0.3) is 10.4 Å². The lowest BCUT2D eigenvalue weighted by Crippen LogP contribution is -1.88. The number of nitrogens with zero attached hydrogens (tertiary/aromatic N) is 3. The van der Waals surface area contributed by atoms with E-state index >= 15 is 0 Å². The Labute approximate surface area is 94.7 Å². The number of allylic oxidation sites excluding steroid dienone is 2. The zero-order valence-corrected chi connectivity index (χ0v) is 8.86. The Bertz CT molecular complexity index is 515. The summed E-state index contributed by atoms with van der Waals surface area (Å²) in [6.45, 7) is 8.85. The topological polar surface area (TPSA) is 51.9 Å². The lowest BCUT2D eigenvalue weighted by atomic mass is 10.0. The van der Waals surface area contributed by atoms with Crippen LogP contribution in [0, 0.1) is 36.2 Å². The van der Waals surface area contributed by atoms with E-state index in [4.69, 9.17) is 17.1 Å². The van der Waals surface area contributed by atoms with Gasteiger partial charge in [-0.2, -0.15) is 5.26 Å². The predicted molar refractivity (Wildman–Crippen MR) is 60.5 cm³/mol. The molecule has 0 aliphatic carbocycles. The second-order valence-electron chi connectivity index (χ2n) is 3.25. The van der Waals surface area contributed by atoms with Crippen molar-refractivity contribution in [2.75, 3.05) is 0 Å². The van der Waals surface area contributed by atoms with Gasteiger partial charge in [-0.15, -0.1) is 0 Å². The summed E-state index contributed by atoms with van der Waals surface area (Å²) in [5.41, 5.74) is 2.35. The van der Waals surface area contributed by atoms with Crippen LogP contribution in [0.1, 0.15) is 17.5 Å². The quantitative estimate of drug-likeness (QED) is 0.552. The molecule has 76 valence electrons. The second kappa shape index (κ2) is 5.35. The van der Waals surface area contributed by atoms with Crippen molar-refractivity contribution in [3.63, 3.8) is 0 Å². The molecular weight excluding hydrogens is 198 g/mol. The lowest BCUT2D eigenvalue weighted by molar-refractivity contribution is 1.33. The van der Waals surface area contributed by atoms with Crippen LogP contribution in [-0.4, -0.2) is 0 Å². The summed E-state index contributed by atoms with van der Waals surface area (Å²) in [6.07, 6.45) is 0.0777. The van der Waals surface area contributed by atoms with Gasteiger partial charge in [0.15, 0.2) is 0 Å². The van der Waals surface area contributed by atoms with Gasteiger partial charge < -0.3 is 0 Å². The summed E-state index contributed by atoms with van der Waals surface area (Å²) in [7, 11) is 0. The summed E-state index contributed by atoms with van der Waals surface area (Å²) in [6, 6.07) is 11.2. The van der Waals surface area contributed by atoms with Crippen molar-refractivity contribution < 1.29 is 0 Å². The average Bonchev–Trinajstić information content (AvgIpc) is 2.31. The number of hydrogen-bond acceptors (Lipinski definition) is 2. The third-order valence-corrected chi connectivity index (χ3v) is 2.16. The molecule has 3 nitrogen and oxygen atoms in total. The molecule has 0 aliphatic heterocycles. The summed E-state index contributed by atoms with van der Waals surface area (Å²) < 4.78 is 0. The minimum absolute atomic E-state index is 0.00889. The molecule has 0 spiro atoms. The van der Waals surface area contributed by atoms with E-state index < -0.39 is 0 Å². The average molecular weight is 207 g/mol. The maximum absolute atomic E-state index is 8.81. The van der Waals surface area contributed by atoms with Gasteiger partial charge in [0.25, 0.3) is 5.70 Å². The molecule has 16 heavy (non-hydrogen) atoms. The predicted octanol–water partition coefficient (Wildman–Crippen LogP) is 3.06. The molecule has 0 saturated carbocycles. The molecule has 0 fully saturated rings. The molecule has 0 N–H and O–H groups in total. The van der Waals surface area contributed by atoms with Crippen molar-refractivity contribution in [3.05, 3.63) is 52.5 Å². The van der Waals surface area contributed by atoms with Crippen LogP contribution in [0.2, 0.25) is 0 Å². The number of hydrogen-bond donors (Lipinski definition) is 0. The number of aryl methyl sites for hydroxylation is 1. The van der Waals surface area contributed by atoms with Gasteiger partial charge in [0.1, 0.15) is 0 Å². The largest absolute Gasteiger partial charge is 0.266 e. The Balaban J connectivity index is 3.31. The zero-order chi connectivity index (χ0) is 12.0. The molecule has 0 amide bonds. The summed E-state index contributed by atoms with van der Waals surface area (Å²) in [5.74, 6) is 0. The lowest BCUT2D eigenvalue weighted by Gasteiger charge is -2.04. The van der Waals surface area contributed by atoms with Gasteiger partial charge in [-0.25, -0.2) is 10.1 Å². The highest BCUT2D eigenvalue weighted by Crippen LogP contribution is 2.23. The highest BCUT2D eigenvalue weighted by molar-refractivity contribution is 5.74. The van der Waals surface area contributed by atoms with E-state index in [-0.39, 0.29) is 12.1 Å². The molecule has 0 aromatic heterocycles. The van der Waals surface area contributed by atoms with E-state index in [9.17, 15) is 0 Å². The smallest absolute Gasteiger partial charge is 0.226 e. The van der Waals surface area contributed by atoms with E-state index in [1.807, 2.05) is 43.3 Å². The summed E-state index contributed by atoms with van der Waals surface area (Å²) in [5, 5.41) is 17.5. The maximum Gasteiger partial charge on any atom is 0.266 e. The normalized spacial score (nSPS) is 10.6. The standard InChI is InChI=1S/C13H9N3/c1-10-3-5-11(6-4-10)12(7-8-14)13(9-15)16-2/h3-6H,7H2,1H3/b13-12+. The summed E-state index contributed by atoms with van der Waals surface area (Å²) in [4.78, 5) is 3.14.